The van der Waals surface area contributed by atoms with Crippen molar-refractivity contribution in [3.05, 3.63) is 50.9 Å². The Morgan fingerprint density at radius 3 is 2.84 bits per heavy atom. The molecule has 0 saturated carbocycles. The third kappa shape index (κ3) is 3.93. The van der Waals surface area contributed by atoms with Crippen LogP contribution in [0.25, 0.3) is 0 Å². The molecule has 1 aromatic carbocycles. The zero-order valence-electron chi connectivity index (χ0n) is 13.1. The van der Waals surface area contributed by atoms with Gasteiger partial charge in [0.25, 0.3) is 10.2 Å². The third-order valence-corrected chi connectivity index (χ3v) is 7.13. The molecule has 1 aliphatic heterocycles. The van der Waals surface area contributed by atoms with Gasteiger partial charge in [-0.2, -0.15) is 17.4 Å². The van der Waals surface area contributed by atoms with E-state index in [1.807, 2.05) is 17.5 Å². The first-order valence-corrected chi connectivity index (χ1v) is 10.4. The third-order valence-electron chi connectivity index (χ3n) is 3.94. The summed E-state index contributed by atoms with van der Waals surface area (Å²) in [4.78, 5) is 13.5. The van der Waals surface area contributed by atoms with E-state index in [2.05, 4.69) is 26.0 Å². The fourth-order valence-electron chi connectivity index (χ4n) is 2.59. The number of thiophene rings is 1. The number of halogens is 2. The molecule has 1 aromatic heterocycles. The minimum absolute atomic E-state index is 0.216. The maximum Gasteiger partial charge on any atom is 0.280 e. The molecular formula is C15H15BrFN3O3S2. The zero-order chi connectivity index (χ0) is 18.2. The Balaban J connectivity index is 1.83. The van der Waals surface area contributed by atoms with Gasteiger partial charge in [0.1, 0.15) is 11.9 Å². The van der Waals surface area contributed by atoms with Gasteiger partial charge >= 0.3 is 0 Å². The number of carbonyl (C=O) groups excluding carboxylic acids is 1. The number of nitrogens with one attached hydrogen (secondary N) is 2. The molecule has 0 bridgehead atoms. The largest absolute Gasteiger partial charge is 0.325 e. The summed E-state index contributed by atoms with van der Waals surface area (Å²) in [5, 5.41) is 4.50. The zero-order valence-corrected chi connectivity index (χ0v) is 16.3. The molecule has 3 rings (SSSR count). The van der Waals surface area contributed by atoms with Gasteiger partial charge in [-0.25, -0.2) is 4.39 Å². The number of benzene rings is 1. The molecule has 0 unspecified atom stereocenters. The van der Waals surface area contributed by atoms with Crippen LogP contribution in [0.1, 0.15) is 17.3 Å². The van der Waals surface area contributed by atoms with Crippen molar-refractivity contribution >= 4 is 49.1 Å². The SMILES string of the molecule is CN1[C@@H](C(=O)Nc2ccc(F)c(Br)c2)C[C@@H](c2cccs2)NS1(=O)=O. The Morgan fingerprint density at radius 2 is 2.20 bits per heavy atom. The number of rotatable bonds is 3. The Morgan fingerprint density at radius 1 is 1.44 bits per heavy atom. The first-order valence-electron chi connectivity index (χ1n) is 7.32. The van der Waals surface area contributed by atoms with Crippen LogP contribution in [0, 0.1) is 5.82 Å². The van der Waals surface area contributed by atoms with Crippen LogP contribution in [0.5, 0.6) is 0 Å². The second-order valence-corrected chi connectivity index (χ2v) is 9.17. The lowest BCUT2D eigenvalue weighted by Gasteiger charge is -2.35. The first kappa shape index (κ1) is 18.5. The van der Waals surface area contributed by atoms with Crippen LogP contribution in [-0.4, -0.2) is 31.7 Å². The Labute approximate surface area is 157 Å². The number of carbonyl (C=O) groups is 1. The van der Waals surface area contributed by atoms with E-state index in [9.17, 15) is 17.6 Å². The van der Waals surface area contributed by atoms with Gasteiger partial charge in [0.2, 0.25) is 5.91 Å². The summed E-state index contributed by atoms with van der Waals surface area (Å²) in [6, 6.07) is 6.40. The van der Waals surface area contributed by atoms with Crippen molar-refractivity contribution in [2.75, 3.05) is 12.4 Å². The number of nitrogens with zero attached hydrogens (tertiary/aromatic N) is 1. The standard InChI is InChI=1S/C15H15BrFN3O3S2/c1-20-13(15(21)18-9-4-5-11(17)10(16)7-9)8-12(19-25(20,22)23)14-3-2-6-24-14/h2-7,12-13,19H,8H2,1H3,(H,18,21)/t12-,13+/m0/s1. The number of anilines is 1. The van der Waals surface area contributed by atoms with Gasteiger partial charge in [-0.05, 0) is 52.0 Å². The highest BCUT2D eigenvalue weighted by Gasteiger charge is 2.40. The van der Waals surface area contributed by atoms with Gasteiger partial charge in [-0.15, -0.1) is 11.3 Å². The van der Waals surface area contributed by atoms with Crippen LogP contribution in [0.15, 0.2) is 40.2 Å². The first-order chi connectivity index (χ1) is 11.8. The maximum absolute atomic E-state index is 13.3. The summed E-state index contributed by atoms with van der Waals surface area (Å²) in [6.07, 6.45) is 0.296. The van der Waals surface area contributed by atoms with E-state index in [1.165, 1.54) is 36.6 Å². The molecule has 1 fully saturated rings. The van der Waals surface area contributed by atoms with Crippen molar-refractivity contribution in [1.82, 2.24) is 9.03 Å². The van der Waals surface area contributed by atoms with Crippen LogP contribution in [-0.2, 0) is 15.0 Å². The quantitative estimate of drug-likeness (QED) is 0.758. The molecule has 0 aliphatic carbocycles. The van der Waals surface area contributed by atoms with E-state index >= 15 is 0 Å². The van der Waals surface area contributed by atoms with E-state index in [0.717, 1.165) is 9.18 Å². The normalized spacial score (nSPS) is 23.3. The molecule has 1 amide bonds. The molecule has 6 nitrogen and oxygen atoms in total. The number of likely N-dealkylation sites (N-methyl/N-ethyl adjacent to an activating group) is 1. The van der Waals surface area contributed by atoms with Crippen molar-refractivity contribution in [1.29, 1.82) is 0 Å². The summed E-state index contributed by atoms with van der Waals surface area (Å²) in [5.41, 5.74) is 0.385. The molecule has 2 N–H and O–H groups in total. The van der Waals surface area contributed by atoms with Crippen molar-refractivity contribution < 1.29 is 17.6 Å². The van der Waals surface area contributed by atoms with E-state index in [1.54, 1.807) is 0 Å². The van der Waals surface area contributed by atoms with Gasteiger partial charge in [0, 0.05) is 17.6 Å². The second kappa shape index (κ2) is 7.12. The fraction of sp³-hybridized carbons (Fsp3) is 0.267. The number of hydrogen-bond acceptors (Lipinski definition) is 4. The molecule has 1 saturated heterocycles. The molecule has 10 heteroatoms. The highest BCUT2D eigenvalue weighted by atomic mass is 79.9. The smallest absolute Gasteiger partial charge is 0.280 e. The molecule has 2 aromatic rings. The molecule has 25 heavy (non-hydrogen) atoms. The van der Waals surface area contributed by atoms with Crippen LogP contribution in [0.3, 0.4) is 0 Å². The average molecular weight is 448 g/mol. The minimum Gasteiger partial charge on any atom is -0.325 e. The highest BCUT2D eigenvalue weighted by Crippen LogP contribution is 2.31. The molecule has 0 radical (unpaired) electrons. The van der Waals surface area contributed by atoms with Crippen molar-refractivity contribution in [2.24, 2.45) is 0 Å². The summed E-state index contributed by atoms with van der Waals surface area (Å²) in [6.45, 7) is 0. The lowest BCUT2D eigenvalue weighted by Crippen LogP contribution is -2.55. The van der Waals surface area contributed by atoms with E-state index in [0.29, 0.717) is 12.1 Å². The van der Waals surface area contributed by atoms with Gasteiger partial charge in [0.15, 0.2) is 0 Å². The predicted molar refractivity (Wildman–Crippen MR) is 98.0 cm³/mol. The Bertz CT molecular complexity index is 889. The van der Waals surface area contributed by atoms with Crippen molar-refractivity contribution in [2.45, 2.75) is 18.5 Å². The topological polar surface area (TPSA) is 78.5 Å². The van der Waals surface area contributed by atoms with Crippen LogP contribution < -0.4 is 10.0 Å². The molecular weight excluding hydrogens is 433 g/mol. The number of amides is 1. The van der Waals surface area contributed by atoms with E-state index in [4.69, 9.17) is 0 Å². The Kier molecular flexibility index (Phi) is 5.26. The lowest BCUT2D eigenvalue weighted by molar-refractivity contribution is -0.120. The molecule has 1 aliphatic rings. The van der Waals surface area contributed by atoms with Crippen molar-refractivity contribution in [3.63, 3.8) is 0 Å². The summed E-state index contributed by atoms with van der Waals surface area (Å²) >= 11 is 4.48. The Hall–Kier alpha value is -1.33. The summed E-state index contributed by atoms with van der Waals surface area (Å²) in [7, 11) is -2.42. The second-order valence-electron chi connectivity index (χ2n) is 5.58. The fourth-order valence-corrected chi connectivity index (χ4v) is 5.10. The van der Waals surface area contributed by atoms with E-state index < -0.39 is 34.0 Å². The van der Waals surface area contributed by atoms with E-state index in [-0.39, 0.29) is 4.47 Å². The monoisotopic (exact) mass is 447 g/mol. The van der Waals surface area contributed by atoms with Gasteiger partial charge in [0.05, 0.1) is 10.5 Å². The summed E-state index contributed by atoms with van der Waals surface area (Å²) in [5.74, 6) is -0.912. The molecule has 0 spiro atoms. The number of hydrogen-bond donors (Lipinski definition) is 2. The van der Waals surface area contributed by atoms with Gasteiger partial charge in [-0.1, -0.05) is 6.07 Å². The van der Waals surface area contributed by atoms with Gasteiger partial charge < -0.3 is 5.32 Å². The molecule has 2 atom stereocenters. The lowest BCUT2D eigenvalue weighted by atomic mass is 10.1. The summed E-state index contributed by atoms with van der Waals surface area (Å²) < 4.78 is 41.8. The molecule has 2 heterocycles. The van der Waals surface area contributed by atoms with Crippen LogP contribution >= 0.6 is 27.3 Å². The van der Waals surface area contributed by atoms with Crippen molar-refractivity contribution in [3.8, 4) is 0 Å². The molecule has 134 valence electrons. The van der Waals surface area contributed by atoms with Crippen LogP contribution in [0.2, 0.25) is 0 Å². The predicted octanol–water partition coefficient (Wildman–Crippen LogP) is 2.87. The maximum atomic E-state index is 13.3. The minimum atomic E-state index is -3.78. The van der Waals surface area contributed by atoms with Crippen LogP contribution in [0.4, 0.5) is 10.1 Å². The average Bonchev–Trinajstić information content (AvgIpc) is 3.07. The highest BCUT2D eigenvalue weighted by molar-refractivity contribution is 9.10. The van der Waals surface area contributed by atoms with Gasteiger partial charge in [-0.3, -0.25) is 4.79 Å².